The minimum Gasteiger partial charge on any atom is -0.452 e. The third kappa shape index (κ3) is 4.49. The summed E-state index contributed by atoms with van der Waals surface area (Å²) in [6.45, 7) is 5.76. The lowest BCUT2D eigenvalue weighted by molar-refractivity contribution is -0.119. The van der Waals surface area contributed by atoms with Crippen LogP contribution in [0.5, 0.6) is 0 Å². The quantitative estimate of drug-likeness (QED) is 0.647. The Kier molecular flexibility index (Phi) is 5.94. The summed E-state index contributed by atoms with van der Waals surface area (Å²) in [4.78, 5) is 24.4. The molecule has 0 saturated heterocycles. The van der Waals surface area contributed by atoms with Crippen molar-refractivity contribution in [1.29, 1.82) is 0 Å². The molecule has 3 aromatic rings. The summed E-state index contributed by atoms with van der Waals surface area (Å²) in [5.41, 5.74) is 5.32. The van der Waals surface area contributed by atoms with Gasteiger partial charge in [-0.3, -0.25) is 4.79 Å². The maximum absolute atomic E-state index is 12.4. The molecule has 1 N–H and O–H groups in total. The number of anilines is 1. The average molecular weight is 376 g/mol. The van der Waals surface area contributed by atoms with Crippen molar-refractivity contribution in [3.8, 4) is 5.69 Å². The largest absolute Gasteiger partial charge is 0.452 e. The molecule has 3 rings (SSSR count). The van der Waals surface area contributed by atoms with E-state index in [0.717, 1.165) is 23.5 Å². The SMILES string of the molecule is CCc1ccc(NC(=O)COC(=O)c2cccc(-n3c(C)ccc3C)c2)cc1. The zero-order valence-corrected chi connectivity index (χ0v) is 16.4. The molecule has 1 amide bonds. The van der Waals surface area contributed by atoms with Crippen molar-refractivity contribution < 1.29 is 14.3 Å². The van der Waals surface area contributed by atoms with Crippen LogP contribution in [0.4, 0.5) is 5.69 Å². The van der Waals surface area contributed by atoms with Crippen LogP contribution >= 0.6 is 0 Å². The molecule has 0 aliphatic heterocycles. The number of nitrogens with zero attached hydrogens (tertiary/aromatic N) is 1. The number of carbonyl (C=O) groups is 2. The Balaban J connectivity index is 1.61. The third-order valence-electron chi connectivity index (χ3n) is 4.59. The lowest BCUT2D eigenvalue weighted by atomic mass is 10.1. The number of esters is 1. The second-order valence-corrected chi connectivity index (χ2v) is 6.68. The van der Waals surface area contributed by atoms with Gasteiger partial charge in [0.05, 0.1) is 5.56 Å². The highest BCUT2D eigenvalue weighted by atomic mass is 16.5. The average Bonchev–Trinajstić information content (AvgIpc) is 3.05. The molecule has 1 aromatic heterocycles. The summed E-state index contributed by atoms with van der Waals surface area (Å²) in [6, 6.07) is 18.8. The van der Waals surface area contributed by atoms with E-state index in [1.54, 1.807) is 18.2 Å². The van der Waals surface area contributed by atoms with E-state index in [2.05, 4.69) is 16.8 Å². The molecule has 0 bridgehead atoms. The first kappa shape index (κ1) is 19.4. The Hall–Kier alpha value is -3.34. The van der Waals surface area contributed by atoms with Gasteiger partial charge in [0.15, 0.2) is 6.61 Å². The molecule has 5 heteroatoms. The number of ether oxygens (including phenoxy) is 1. The lowest BCUT2D eigenvalue weighted by Gasteiger charge is -2.11. The monoisotopic (exact) mass is 376 g/mol. The van der Waals surface area contributed by atoms with Crippen LogP contribution in [0.25, 0.3) is 5.69 Å². The molecule has 0 unspecified atom stereocenters. The highest BCUT2D eigenvalue weighted by Crippen LogP contribution is 2.18. The first-order valence-electron chi connectivity index (χ1n) is 9.29. The first-order chi connectivity index (χ1) is 13.5. The molecule has 0 saturated carbocycles. The Morgan fingerprint density at radius 1 is 0.964 bits per heavy atom. The minimum atomic E-state index is -0.527. The van der Waals surface area contributed by atoms with Crippen LogP contribution in [-0.2, 0) is 16.0 Å². The van der Waals surface area contributed by atoms with Crippen molar-refractivity contribution in [2.75, 3.05) is 11.9 Å². The molecule has 0 spiro atoms. The fraction of sp³-hybridized carbons (Fsp3) is 0.217. The minimum absolute atomic E-state index is 0.333. The third-order valence-corrected chi connectivity index (χ3v) is 4.59. The van der Waals surface area contributed by atoms with Crippen molar-refractivity contribution in [3.63, 3.8) is 0 Å². The van der Waals surface area contributed by atoms with Gasteiger partial charge >= 0.3 is 5.97 Å². The predicted octanol–water partition coefficient (Wildman–Crippen LogP) is 4.45. The Labute approximate surface area is 165 Å². The van der Waals surface area contributed by atoms with Gasteiger partial charge in [-0.25, -0.2) is 4.79 Å². The summed E-state index contributed by atoms with van der Waals surface area (Å²) >= 11 is 0. The van der Waals surface area contributed by atoms with Gasteiger partial charge in [0.1, 0.15) is 0 Å². The van der Waals surface area contributed by atoms with Crippen LogP contribution in [-0.4, -0.2) is 23.1 Å². The predicted molar refractivity (Wildman–Crippen MR) is 110 cm³/mol. The summed E-state index contributed by atoms with van der Waals surface area (Å²) in [5.74, 6) is -0.897. The van der Waals surface area contributed by atoms with Crippen LogP contribution in [0.3, 0.4) is 0 Å². The first-order valence-corrected chi connectivity index (χ1v) is 9.29. The van der Waals surface area contributed by atoms with E-state index in [0.29, 0.717) is 11.3 Å². The van der Waals surface area contributed by atoms with Crippen molar-refractivity contribution in [1.82, 2.24) is 4.57 Å². The van der Waals surface area contributed by atoms with Gasteiger partial charge in [0.2, 0.25) is 0 Å². The molecule has 0 radical (unpaired) electrons. The second-order valence-electron chi connectivity index (χ2n) is 6.68. The molecule has 28 heavy (non-hydrogen) atoms. The van der Waals surface area contributed by atoms with Crippen molar-refractivity contribution in [2.24, 2.45) is 0 Å². The molecule has 0 aliphatic rings. The van der Waals surface area contributed by atoms with Crippen LogP contribution in [0.15, 0.2) is 60.7 Å². The highest BCUT2D eigenvalue weighted by molar-refractivity contribution is 5.95. The van der Waals surface area contributed by atoms with Gasteiger partial charge in [0.25, 0.3) is 5.91 Å². The fourth-order valence-electron chi connectivity index (χ4n) is 3.08. The number of hydrogen-bond donors (Lipinski definition) is 1. The maximum atomic E-state index is 12.4. The number of amides is 1. The van der Waals surface area contributed by atoms with E-state index in [1.807, 2.05) is 56.3 Å². The summed E-state index contributed by atoms with van der Waals surface area (Å²) < 4.78 is 7.24. The second kappa shape index (κ2) is 8.57. The van der Waals surface area contributed by atoms with Gasteiger partial charge in [-0.1, -0.05) is 25.1 Å². The Morgan fingerprint density at radius 2 is 1.64 bits per heavy atom. The normalized spacial score (nSPS) is 10.5. The van der Waals surface area contributed by atoms with Gasteiger partial charge < -0.3 is 14.6 Å². The number of benzene rings is 2. The number of nitrogens with one attached hydrogen (secondary N) is 1. The van der Waals surface area contributed by atoms with Gasteiger partial charge in [-0.15, -0.1) is 0 Å². The molecule has 0 fully saturated rings. The van der Waals surface area contributed by atoms with E-state index in [9.17, 15) is 9.59 Å². The van der Waals surface area contributed by atoms with Crippen LogP contribution in [0.1, 0.15) is 34.2 Å². The zero-order valence-electron chi connectivity index (χ0n) is 16.4. The Morgan fingerprint density at radius 3 is 2.29 bits per heavy atom. The van der Waals surface area contributed by atoms with Crippen LogP contribution in [0, 0.1) is 13.8 Å². The molecule has 2 aromatic carbocycles. The van der Waals surface area contributed by atoms with Crippen LogP contribution in [0.2, 0.25) is 0 Å². The summed E-state index contributed by atoms with van der Waals surface area (Å²) in [6.07, 6.45) is 0.937. The molecular weight excluding hydrogens is 352 g/mol. The number of rotatable bonds is 6. The molecule has 1 heterocycles. The van der Waals surface area contributed by atoms with Gasteiger partial charge in [-0.2, -0.15) is 0 Å². The van der Waals surface area contributed by atoms with E-state index >= 15 is 0 Å². The van der Waals surface area contributed by atoms with Crippen molar-refractivity contribution in [2.45, 2.75) is 27.2 Å². The standard InChI is InChI=1S/C23H24N2O3/c1-4-18-10-12-20(13-11-18)24-22(26)15-28-23(27)19-6-5-7-21(14-19)25-16(2)8-9-17(25)3/h5-14H,4,15H2,1-3H3,(H,24,26). The fourth-order valence-corrected chi connectivity index (χ4v) is 3.08. The summed E-state index contributed by atoms with van der Waals surface area (Å²) in [5, 5.41) is 2.73. The number of aromatic nitrogens is 1. The van der Waals surface area contributed by atoms with Crippen LogP contribution < -0.4 is 5.32 Å². The molecule has 5 nitrogen and oxygen atoms in total. The number of carbonyl (C=O) groups excluding carboxylic acids is 2. The van der Waals surface area contributed by atoms with E-state index in [1.165, 1.54) is 5.56 Å². The smallest absolute Gasteiger partial charge is 0.338 e. The highest BCUT2D eigenvalue weighted by Gasteiger charge is 2.12. The number of aryl methyl sites for hydroxylation is 3. The molecular formula is C23H24N2O3. The summed E-state index contributed by atoms with van der Waals surface area (Å²) in [7, 11) is 0. The lowest BCUT2D eigenvalue weighted by Crippen LogP contribution is -2.21. The van der Waals surface area contributed by atoms with E-state index in [4.69, 9.17) is 4.74 Å². The Bertz CT molecular complexity index is 968. The molecule has 0 aliphatic carbocycles. The van der Waals surface area contributed by atoms with Crippen molar-refractivity contribution >= 4 is 17.6 Å². The number of hydrogen-bond acceptors (Lipinski definition) is 3. The van der Waals surface area contributed by atoms with Crippen molar-refractivity contribution in [3.05, 3.63) is 83.2 Å². The van der Waals surface area contributed by atoms with Gasteiger partial charge in [-0.05, 0) is 68.3 Å². The van der Waals surface area contributed by atoms with E-state index in [-0.39, 0.29) is 12.5 Å². The van der Waals surface area contributed by atoms with E-state index < -0.39 is 5.97 Å². The van der Waals surface area contributed by atoms with Gasteiger partial charge in [0, 0.05) is 22.8 Å². The molecule has 144 valence electrons. The topological polar surface area (TPSA) is 60.3 Å². The zero-order chi connectivity index (χ0) is 20.1. The maximum Gasteiger partial charge on any atom is 0.338 e. The molecule has 0 atom stereocenters.